The highest BCUT2D eigenvalue weighted by Crippen LogP contribution is 2.18. The van der Waals surface area contributed by atoms with Crippen LogP contribution in [-0.2, 0) is 19.1 Å². The van der Waals surface area contributed by atoms with E-state index in [9.17, 15) is 9.59 Å². The molecule has 0 N–H and O–H groups in total. The summed E-state index contributed by atoms with van der Waals surface area (Å²) in [6.45, 7) is 5.74. The molecule has 0 aromatic heterocycles. The number of rotatable bonds is 5. The van der Waals surface area contributed by atoms with Crippen LogP contribution in [0.3, 0.4) is 0 Å². The van der Waals surface area contributed by atoms with Crippen LogP contribution < -0.4 is 0 Å². The van der Waals surface area contributed by atoms with Crippen LogP contribution >= 0.6 is 0 Å². The van der Waals surface area contributed by atoms with Gasteiger partial charge in [-0.25, -0.2) is 0 Å². The van der Waals surface area contributed by atoms with Gasteiger partial charge in [0.15, 0.2) is 5.92 Å². The summed E-state index contributed by atoms with van der Waals surface area (Å²) < 4.78 is 9.37. The van der Waals surface area contributed by atoms with Crippen LogP contribution in [0.5, 0.6) is 0 Å². The lowest BCUT2D eigenvalue weighted by molar-refractivity contribution is -0.162. The first-order valence-electron chi connectivity index (χ1n) is 4.82. The molecule has 0 spiro atoms. The zero-order valence-electron chi connectivity index (χ0n) is 9.20. The molecule has 0 aliphatic carbocycles. The Balaban J connectivity index is 4.54. The summed E-state index contributed by atoms with van der Waals surface area (Å²) in [6.07, 6.45) is 0.735. The lowest BCUT2D eigenvalue weighted by Gasteiger charge is -2.18. The van der Waals surface area contributed by atoms with Crippen LogP contribution in [0, 0.1) is 11.8 Å². The van der Waals surface area contributed by atoms with Crippen molar-refractivity contribution >= 4 is 11.9 Å². The maximum Gasteiger partial charge on any atom is 0.320 e. The Morgan fingerprint density at radius 1 is 1.21 bits per heavy atom. The fourth-order valence-corrected chi connectivity index (χ4v) is 1.16. The normalized spacial score (nSPS) is 14.3. The molecule has 4 heteroatoms. The van der Waals surface area contributed by atoms with E-state index in [0.717, 1.165) is 6.42 Å². The fourth-order valence-electron chi connectivity index (χ4n) is 1.16. The molecule has 0 saturated carbocycles. The van der Waals surface area contributed by atoms with Gasteiger partial charge in [0.2, 0.25) is 0 Å². The second kappa shape index (κ2) is 6.40. The standard InChI is InChI=1S/C10H18O4/c1-5-7(3)8(9(11)13-4)10(12)14-6-2/h7-8H,5-6H2,1-4H3/t7-,8+/m1/s1. The van der Waals surface area contributed by atoms with Crippen molar-refractivity contribution < 1.29 is 19.1 Å². The Morgan fingerprint density at radius 3 is 2.14 bits per heavy atom. The number of ether oxygens (including phenoxy) is 2. The maximum atomic E-state index is 11.4. The second-order valence-electron chi connectivity index (χ2n) is 3.14. The number of carbonyl (C=O) groups excluding carboxylic acids is 2. The molecule has 0 rings (SSSR count). The Kier molecular flexibility index (Phi) is 5.92. The second-order valence-corrected chi connectivity index (χ2v) is 3.14. The number of esters is 2. The smallest absolute Gasteiger partial charge is 0.320 e. The van der Waals surface area contributed by atoms with Crippen molar-refractivity contribution in [1.82, 2.24) is 0 Å². The van der Waals surface area contributed by atoms with Crippen molar-refractivity contribution in [3.8, 4) is 0 Å². The molecule has 0 radical (unpaired) electrons. The van der Waals surface area contributed by atoms with E-state index >= 15 is 0 Å². The van der Waals surface area contributed by atoms with Crippen molar-refractivity contribution in [2.45, 2.75) is 27.2 Å². The minimum atomic E-state index is -0.787. The van der Waals surface area contributed by atoms with E-state index in [-0.39, 0.29) is 12.5 Å². The summed E-state index contributed by atoms with van der Waals surface area (Å²) in [5.41, 5.74) is 0. The molecule has 4 nitrogen and oxygen atoms in total. The van der Waals surface area contributed by atoms with Gasteiger partial charge in [-0.15, -0.1) is 0 Å². The van der Waals surface area contributed by atoms with E-state index in [1.165, 1.54) is 7.11 Å². The van der Waals surface area contributed by atoms with Crippen molar-refractivity contribution in [3.63, 3.8) is 0 Å². The Hall–Kier alpha value is -1.06. The molecule has 14 heavy (non-hydrogen) atoms. The van der Waals surface area contributed by atoms with Crippen LogP contribution in [0.2, 0.25) is 0 Å². The largest absolute Gasteiger partial charge is 0.468 e. The van der Waals surface area contributed by atoms with Crippen LogP contribution in [0.4, 0.5) is 0 Å². The highest BCUT2D eigenvalue weighted by atomic mass is 16.5. The van der Waals surface area contributed by atoms with Crippen LogP contribution in [0.15, 0.2) is 0 Å². The summed E-state index contributed by atoms with van der Waals surface area (Å²) in [5, 5.41) is 0. The van der Waals surface area contributed by atoms with Crippen molar-refractivity contribution in [1.29, 1.82) is 0 Å². The van der Waals surface area contributed by atoms with Crippen molar-refractivity contribution in [2.24, 2.45) is 11.8 Å². The summed E-state index contributed by atoms with van der Waals surface area (Å²) in [6, 6.07) is 0. The average molecular weight is 202 g/mol. The van der Waals surface area contributed by atoms with Crippen LogP contribution in [0.1, 0.15) is 27.2 Å². The molecule has 0 bridgehead atoms. The molecule has 82 valence electrons. The van der Waals surface area contributed by atoms with Crippen LogP contribution in [-0.4, -0.2) is 25.7 Å². The third-order valence-electron chi connectivity index (χ3n) is 2.21. The van der Waals surface area contributed by atoms with E-state index in [0.29, 0.717) is 0 Å². The first-order chi connectivity index (χ1) is 6.58. The van der Waals surface area contributed by atoms with Crippen LogP contribution in [0.25, 0.3) is 0 Å². The fraction of sp³-hybridized carbons (Fsp3) is 0.800. The molecular weight excluding hydrogens is 184 g/mol. The lowest BCUT2D eigenvalue weighted by Crippen LogP contribution is -2.32. The Morgan fingerprint density at radius 2 is 1.79 bits per heavy atom. The Bertz CT molecular complexity index is 200. The van der Waals surface area contributed by atoms with E-state index in [2.05, 4.69) is 4.74 Å². The minimum absolute atomic E-state index is 0.0542. The molecule has 0 heterocycles. The molecule has 0 unspecified atom stereocenters. The summed E-state index contributed by atoms with van der Waals surface area (Å²) in [7, 11) is 1.27. The molecule has 0 aliphatic rings. The van der Waals surface area contributed by atoms with Gasteiger partial charge in [0.1, 0.15) is 0 Å². The van der Waals surface area contributed by atoms with Gasteiger partial charge < -0.3 is 9.47 Å². The molecule has 0 aliphatic heterocycles. The molecule has 0 fully saturated rings. The SMILES string of the molecule is CCOC(=O)[C@H](C(=O)OC)[C@H](C)CC. The molecule has 0 amide bonds. The molecule has 0 aromatic rings. The molecule has 2 atom stereocenters. The zero-order valence-corrected chi connectivity index (χ0v) is 9.20. The average Bonchev–Trinajstić information content (AvgIpc) is 2.17. The summed E-state index contributed by atoms with van der Waals surface area (Å²) in [4.78, 5) is 22.7. The third-order valence-corrected chi connectivity index (χ3v) is 2.21. The van der Waals surface area contributed by atoms with E-state index in [1.807, 2.05) is 13.8 Å². The van der Waals surface area contributed by atoms with Gasteiger partial charge >= 0.3 is 11.9 Å². The van der Waals surface area contributed by atoms with Crippen molar-refractivity contribution in [3.05, 3.63) is 0 Å². The number of carbonyl (C=O) groups is 2. The van der Waals surface area contributed by atoms with Gasteiger partial charge in [-0.05, 0) is 12.8 Å². The first-order valence-corrected chi connectivity index (χ1v) is 4.82. The van der Waals surface area contributed by atoms with Gasteiger partial charge in [0.25, 0.3) is 0 Å². The van der Waals surface area contributed by atoms with Gasteiger partial charge in [0, 0.05) is 0 Å². The number of methoxy groups -OCH3 is 1. The maximum absolute atomic E-state index is 11.4. The summed E-state index contributed by atoms with van der Waals surface area (Å²) >= 11 is 0. The summed E-state index contributed by atoms with van der Waals surface area (Å²) in [5.74, 6) is -1.85. The van der Waals surface area contributed by atoms with Gasteiger partial charge in [-0.2, -0.15) is 0 Å². The molecular formula is C10H18O4. The molecule has 0 aromatic carbocycles. The zero-order chi connectivity index (χ0) is 11.1. The predicted octanol–water partition coefficient (Wildman–Crippen LogP) is 1.38. The lowest BCUT2D eigenvalue weighted by atomic mass is 9.92. The predicted molar refractivity (Wildman–Crippen MR) is 51.6 cm³/mol. The number of hydrogen-bond donors (Lipinski definition) is 0. The molecule has 0 saturated heterocycles. The topological polar surface area (TPSA) is 52.6 Å². The van der Waals surface area contributed by atoms with Crippen molar-refractivity contribution in [2.75, 3.05) is 13.7 Å². The van der Waals surface area contributed by atoms with E-state index < -0.39 is 17.9 Å². The van der Waals surface area contributed by atoms with E-state index in [1.54, 1.807) is 6.92 Å². The third kappa shape index (κ3) is 3.36. The van der Waals surface area contributed by atoms with E-state index in [4.69, 9.17) is 4.74 Å². The Labute approximate surface area is 84.6 Å². The van der Waals surface area contributed by atoms with Gasteiger partial charge in [0.05, 0.1) is 13.7 Å². The monoisotopic (exact) mass is 202 g/mol. The minimum Gasteiger partial charge on any atom is -0.468 e. The number of hydrogen-bond acceptors (Lipinski definition) is 4. The highest BCUT2D eigenvalue weighted by molar-refractivity contribution is 5.95. The highest BCUT2D eigenvalue weighted by Gasteiger charge is 2.33. The first kappa shape index (κ1) is 12.9. The quantitative estimate of drug-likeness (QED) is 0.499. The van der Waals surface area contributed by atoms with Gasteiger partial charge in [-0.3, -0.25) is 9.59 Å². The van der Waals surface area contributed by atoms with Gasteiger partial charge in [-0.1, -0.05) is 20.3 Å².